The summed E-state index contributed by atoms with van der Waals surface area (Å²) in [6.07, 6.45) is 2.33. The second-order valence-electron chi connectivity index (χ2n) is 3.58. The predicted molar refractivity (Wildman–Crippen MR) is 56.7 cm³/mol. The molecule has 2 heterocycles. The third-order valence-corrected chi connectivity index (χ3v) is 2.84. The molecule has 16 heavy (non-hydrogen) atoms. The monoisotopic (exact) mass is 239 g/mol. The van der Waals surface area contributed by atoms with Crippen LogP contribution < -0.4 is 5.32 Å². The number of carbonyl (C=O) groups is 2. The number of hydrogen-bond acceptors (Lipinski definition) is 4. The van der Waals surface area contributed by atoms with Crippen LogP contribution in [0.5, 0.6) is 0 Å². The molecule has 0 radical (unpaired) electrons. The van der Waals surface area contributed by atoms with E-state index in [1.165, 1.54) is 6.20 Å². The van der Waals surface area contributed by atoms with Crippen molar-refractivity contribution in [3.63, 3.8) is 0 Å². The molecule has 1 N–H and O–H groups in total. The first-order valence-electron chi connectivity index (χ1n) is 4.92. The molecule has 1 saturated heterocycles. The second-order valence-corrected chi connectivity index (χ2v) is 3.85. The highest BCUT2D eigenvalue weighted by Crippen LogP contribution is 2.25. The second kappa shape index (κ2) is 4.57. The highest BCUT2D eigenvalue weighted by Gasteiger charge is 2.30. The maximum absolute atomic E-state index is 11.6. The standard InChI is InChI=1S/C10H10ClN3O2/c11-5-6-3-4-12-14-9(6)7-1-2-8(15)13-10(7)16/h3-4,7H,1-2,5H2,(H,13,15,16). The van der Waals surface area contributed by atoms with E-state index in [1.54, 1.807) is 6.07 Å². The molecule has 0 aliphatic carbocycles. The molecule has 1 fully saturated rings. The number of hydrogen-bond donors (Lipinski definition) is 1. The average Bonchev–Trinajstić information content (AvgIpc) is 2.29. The molecule has 1 atom stereocenters. The van der Waals surface area contributed by atoms with Crippen molar-refractivity contribution in [1.29, 1.82) is 0 Å². The lowest BCUT2D eigenvalue weighted by Crippen LogP contribution is -2.40. The maximum atomic E-state index is 11.6. The summed E-state index contributed by atoms with van der Waals surface area (Å²) in [7, 11) is 0. The van der Waals surface area contributed by atoms with Crippen LogP contribution in [-0.2, 0) is 15.5 Å². The molecule has 2 amide bonds. The number of nitrogens with zero attached hydrogens (tertiary/aromatic N) is 2. The number of rotatable bonds is 2. The number of aromatic nitrogens is 2. The summed E-state index contributed by atoms with van der Waals surface area (Å²) in [6.45, 7) is 0. The summed E-state index contributed by atoms with van der Waals surface area (Å²) in [6, 6.07) is 1.74. The van der Waals surface area contributed by atoms with Crippen LogP contribution in [0.2, 0.25) is 0 Å². The first-order valence-corrected chi connectivity index (χ1v) is 5.46. The van der Waals surface area contributed by atoms with E-state index in [0.29, 0.717) is 18.5 Å². The third-order valence-electron chi connectivity index (χ3n) is 2.55. The molecule has 0 saturated carbocycles. The fraction of sp³-hybridized carbons (Fsp3) is 0.400. The van der Waals surface area contributed by atoms with Crippen LogP contribution in [0, 0.1) is 0 Å². The highest BCUT2D eigenvalue weighted by molar-refractivity contribution is 6.17. The molecule has 0 aromatic carbocycles. The van der Waals surface area contributed by atoms with Gasteiger partial charge in [-0.3, -0.25) is 14.9 Å². The largest absolute Gasteiger partial charge is 0.296 e. The Morgan fingerprint density at radius 3 is 3.00 bits per heavy atom. The Bertz CT molecular complexity index is 436. The minimum Gasteiger partial charge on any atom is -0.296 e. The van der Waals surface area contributed by atoms with Crippen molar-refractivity contribution in [1.82, 2.24) is 15.5 Å². The molecule has 84 valence electrons. The van der Waals surface area contributed by atoms with Crippen LogP contribution in [0.1, 0.15) is 30.0 Å². The number of carbonyl (C=O) groups excluding carboxylic acids is 2. The molecule has 6 heteroatoms. The molecule has 1 aromatic heterocycles. The molecule has 1 unspecified atom stereocenters. The number of imide groups is 1. The van der Waals surface area contributed by atoms with Gasteiger partial charge < -0.3 is 0 Å². The van der Waals surface area contributed by atoms with E-state index in [-0.39, 0.29) is 17.7 Å². The number of nitrogens with one attached hydrogen (secondary N) is 1. The molecule has 1 aromatic rings. The van der Waals surface area contributed by atoms with E-state index in [2.05, 4.69) is 15.5 Å². The van der Waals surface area contributed by atoms with E-state index < -0.39 is 5.92 Å². The Morgan fingerprint density at radius 2 is 2.31 bits per heavy atom. The maximum Gasteiger partial charge on any atom is 0.235 e. The van der Waals surface area contributed by atoms with Crippen LogP contribution >= 0.6 is 11.6 Å². The molecule has 5 nitrogen and oxygen atoms in total. The zero-order valence-corrected chi connectivity index (χ0v) is 9.20. The zero-order valence-electron chi connectivity index (χ0n) is 8.44. The van der Waals surface area contributed by atoms with Gasteiger partial charge in [0, 0.05) is 18.5 Å². The first kappa shape index (κ1) is 11.0. The third kappa shape index (κ3) is 2.04. The van der Waals surface area contributed by atoms with Gasteiger partial charge in [0.25, 0.3) is 0 Å². The lowest BCUT2D eigenvalue weighted by molar-refractivity contribution is -0.134. The van der Waals surface area contributed by atoms with E-state index in [9.17, 15) is 9.59 Å². The van der Waals surface area contributed by atoms with Gasteiger partial charge in [-0.15, -0.1) is 11.6 Å². The SMILES string of the molecule is O=C1CCC(c2nnccc2CCl)C(=O)N1. The minimum atomic E-state index is -0.417. The molecular formula is C10H10ClN3O2. The van der Waals surface area contributed by atoms with Gasteiger partial charge >= 0.3 is 0 Å². The van der Waals surface area contributed by atoms with E-state index in [4.69, 9.17) is 11.6 Å². The Hall–Kier alpha value is -1.49. The summed E-state index contributed by atoms with van der Waals surface area (Å²) in [4.78, 5) is 22.6. The van der Waals surface area contributed by atoms with Crippen LogP contribution in [0.25, 0.3) is 0 Å². The van der Waals surface area contributed by atoms with E-state index in [0.717, 1.165) is 5.56 Å². The Labute approximate surface area is 97.2 Å². The topological polar surface area (TPSA) is 72.0 Å². The fourth-order valence-corrected chi connectivity index (χ4v) is 1.96. The quantitative estimate of drug-likeness (QED) is 0.610. The van der Waals surface area contributed by atoms with Crippen molar-refractivity contribution in [3.05, 3.63) is 23.5 Å². The van der Waals surface area contributed by atoms with Gasteiger partial charge in [-0.2, -0.15) is 10.2 Å². The summed E-state index contributed by atoms with van der Waals surface area (Å²) < 4.78 is 0. The number of piperidine rings is 1. The number of halogens is 1. The van der Waals surface area contributed by atoms with Gasteiger partial charge in [0.2, 0.25) is 11.8 Å². The van der Waals surface area contributed by atoms with Gasteiger partial charge in [-0.25, -0.2) is 0 Å². The number of amides is 2. The lowest BCUT2D eigenvalue weighted by Gasteiger charge is -2.21. The highest BCUT2D eigenvalue weighted by atomic mass is 35.5. The Morgan fingerprint density at radius 1 is 1.50 bits per heavy atom. The van der Waals surface area contributed by atoms with Crippen LogP contribution in [0.3, 0.4) is 0 Å². The van der Waals surface area contributed by atoms with Gasteiger partial charge in [0.05, 0.1) is 11.6 Å². The van der Waals surface area contributed by atoms with Crippen molar-refractivity contribution in [2.24, 2.45) is 0 Å². The molecule has 0 bridgehead atoms. The predicted octanol–water partition coefficient (Wildman–Crippen LogP) is 0.736. The smallest absolute Gasteiger partial charge is 0.235 e. The van der Waals surface area contributed by atoms with Crippen molar-refractivity contribution in [3.8, 4) is 0 Å². The normalized spacial score (nSPS) is 20.7. The van der Waals surface area contributed by atoms with Gasteiger partial charge in [-0.05, 0) is 18.1 Å². The van der Waals surface area contributed by atoms with Crippen LogP contribution in [0.15, 0.2) is 12.3 Å². The van der Waals surface area contributed by atoms with Crippen molar-refractivity contribution < 1.29 is 9.59 Å². The van der Waals surface area contributed by atoms with Crippen LogP contribution in [0.4, 0.5) is 0 Å². The summed E-state index contributed by atoms with van der Waals surface area (Å²) in [5.74, 6) is -0.691. The van der Waals surface area contributed by atoms with E-state index >= 15 is 0 Å². The zero-order chi connectivity index (χ0) is 11.5. The minimum absolute atomic E-state index is 0.238. The van der Waals surface area contributed by atoms with Crippen molar-refractivity contribution >= 4 is 23.4 Å². The summed E-state index contributed by atoms with van der Waals surface area (Å²) >= 11 is 5.76. The summed E-state index contributed by atoms with van der Waals surface area (Å²) in [5, 5.41) is 9.98. The average molecular weight is 240 g/mol. The van der Waals surface area contributed by atoms with Crippen LogP contribution in [-0.4, -0.2) is 22.0 Å². The van der Waals surface area contributed by atoms with Crippen molar-refractivity contribution in [2.75, 3.05) is 0 Å². The molecule has 1 aliphatic rings. The Kier molecular flexibility index (Phi) is 3.14. The molecule has 2 rings (SSSR count). The molecule has 0 spiro atoms. The Balaban J connectivity index is 2.30. The lowest BCUT2D eigenvalue weighted by atomic mass is 9.92. The fourth-order valence-electron chi connectivity index (χ4n) is 1.73. The van der Waals surface area contributed by atoms with E-state index in [1.807, 2.05) is 0 Å². The molecule has 1 aliphatic heterocycles. The summed E-state index contributed by atoms with van der Waals surface area (Å²) in [5.41, 5.74) is 1.36. The number of alkyl halides is 1. The van der Waals surface area contributed by atoms with Gasteiger partial charge in [0.1, 0.15) is 0 Å². The van der Waals surface area contributed by atoms with Crippen molar-refractivity contribution in [2.45, 2.75) is 24.6 Å². The first-order chi connectivity index (χ1) is 7.72. The van der Waals surface area contributed by atoms with Gasteiger partial charge in [-0.1, -0.05) is 0 Å². The van der Waals surface area contributed by atoms with Gasteiger partial charge in [0.15, 0.2) is 0 Å². The molecular weight excluding hydrogens is 230 g/mol.